The fraction of sp³-hybridized carbons (Fsp3) is 0.250. The highest BCUT2D eigenvalue weighted by atomic mass is 16.5. The molecule has 33 heavy (non-hydrogen) atoms. The number of amides is 1. The van der Waals surface area contributed by atoms with Crippen LogP contribution in [0, 0.1) is 0 Å². The summed E-state index contributed by atoms with van der Waals surface area (Å²) in [6, 6.07) is 21.7. The molecule has 5 rings (SSSR count). The number of hydrogen-bond donors (Lipinski definition) is 1. The number of aromatic nitrogens is 1. The van der Waals surface area contributed by atoms with Crippen LogP contribution in [0.5, 0.6) is 11.5 Å². The van der Waals surface area contributed by atoms with E-state index in [4.69, 9.17) is 9.47 Å². The predicted octanol–water partition coefficient (Wildman–Crippen LogP) is 5.54. The second-order valence-corrected chi connectivity index (χ2v) is 8.37. The molecule has 1 unspecified atom stereocenters. The van der Waals surface area contributed by atoms with Gasteiger partial charge in [-0.3, -0.25) is 4.79 Å². The number of carbonyl (C=O) groups is 1. The Morgan fingerprint density at radius 1 is 1.03 bits per heavy atom. The molecule has 4 aromatic rings. The second kappa shape index (κ2) is 8.66. The van der Waals surface area contributed by atoms with Gasteiger partial charge in [-0.2, -0.15) is 0 Å². The number of nitrogens with zero attached hydrogens (tertiary/aromatic N) is 1. The highest BCUT2D eigenvalue weighted by Gasteiger charge is 2.36. The van der Waals surface area contributed by atoms with Crippen LogP contribution in [-0.4, -0.2) is 36.6 Å². The number of carbonyl (C=O) groups excluding carboxylic acids is 1. The number of fused-ring (bicyclic) bond motifs is 3. The first-order chi connectivity index (χ1) is 16.1. The Balaban J connectivity index is 1.66. The number of H-pyrrole nitrogens is 1. The highest BCUT2D eigenvalue weighted by Crippen LogP contribution is 2.42. The minimum absolute atomic E-state index is 0.0236. The van der Waals surface area contributed by atoms with Gasteiger partial charge in [0.15, 0.2) is 0 Å². The van der Waals surface area contributed by atoms with Crippen LogP contribution in [0.2, 0.25) is 0 Å². The van der Waals surface area contributed by atoms with Crippen LogP contribution in [0.3, 0.4) is 0 Å². The van der Waals surface area contributed by atoms with Gasteiger partial charge in [-0.05, 0) is 60.4 Å². The number of rotatable bonds is 5. The maximum absolute atomic E-state index is 13.8. The van der Waals surface area contributed by atoms with Gasteiger partial charge in [0, 0.05) is 34.3 Å². The Morgan fingerprint density at radius 3 is 2.55 bits per heavy atom. The Labute approximate surface area is 193 Å². The van der Waals surface area contributed by atoms with Crippen LogP contribution in [-0.2, 0) is 12.8 Å². The third kappa shape index (κ3) is 3.63. The van der Waals surface area contributed by atoms with Crippen molar-refractivity contribution >= 4 is 16.8 Å². The normalized spacial score (nSPS) is 15.4. The molecule has 0 fully saturated rings. The van der Waals surface area contributed by atoms with Gasteiger partial charge < -0.3 is 19.4 Å². The molecule has 1 aliphatic heterocycles. The van der Waals surface area contributed by atoms with Gasteiger partial charge in [0.25, 0.3) is 5.91 Å². The molecule has 0 bridgehead atoms. The quantitative estimate of drug-likeness (QED) is 0.444. The summed E-state index contributed by atoms with van der Waals surface area (Å²) < 4.78 is 11.2. The van der Waals surface area contributed by atoms with Crippen LogP contribution in [0.15, 0.2) is 66.7 Å². The summed E-state index contributed by atoms with van der Waals surface area (Å²) in [7, 11) is 3.36. The lowest BCUT2D eigenvalue weighted by Crippen LogP contribution is -2.40. The zero-order chi connectivity index (χ0) is 22.9. The van der Waals surface area contributed by atoms with Crippen molar-refractivity contribution < 1.29 is 14.3 Å². The number of hydrogen-bond acceptors (Lipinski definition) is 3. The first-order valence-electron chi connectivity index (χ1n) is 11.4. The molecule has 5 nitrogen and oxygen atoms in total. The van der Waals surface area contributed by atoms with Crippen LogP contribution >= 0.6 is 0 Å². The fourth-order valence-corrected chi connectivity index (χ4v) is 4.88. The fourth-order valence-electron chi connectivity index (χ4n) is 4.88. The molecule has 2 heterocycles. The monoisotopic (exact) mass is 440 g/mol. The summed E-state index contributed by atoms with van der Waals surface area (Å²) in [5.41, 5.74) is 6.20. The molecule has 0 saturated carbocycles. The van der Waals surface area contributed by atoms with E-state index in [1.807, 2.05) is 65.6 Å². The first-order valence-corrected chi connectivity index (χ1v) is 11.4. The predicted molar refractivity (Wildman–Crippen MR) is 130 cm³/mol. The van der Waals surface area contributed by atoms with E-state index in [1.54, 1.807) is 14.2 Å². The van der Waals surface area contributed by atoms with Gasteiger partial charge in [0.05, 0.1) is 14.2 Å². The molecule has 0 spiro atoms. The molecule has 0 saturated heterocycles. The Bertz CT molecular complexity index is 1310. The molecule has 1 aromatic heterocycles. The molecule has 1 aliphatic rings. The maximum Gasteiger partial charge on any atom is 0.254 e. The second-order valence-electron chi connectivity index (χ2n) is 8.37. The van der Waals surface area contributed by atoms with Crippen molar-refractivity contribution in [3.05, 3.63) is 94.7 Å². The number of aryl methyl sites for hydroxylation is 1. The third-order valence-electron chi connectivity index (χ3n) is 6.64. The van der Waals surface area contributed by atoms with E-state index in [0.717, 1.165) is 46.5 Å². The van der Waals surface area contributed by atoms with Crippen LogP contribution < -0.4 is 9.47 Å². The van der Waals surface area contributed by atoms with Gasteiger partial charge in [0.1, 0.15) is 17.5 Å². The van der Waals surface area contributed by atoms with Crippen LogP contribution in [0.4, 0.5) is 0 Å². The van der Waals surface area contributed by atoms with E-state index >= 15 is 0 Å². The van der Waals surface area contributed by atoms with E-state index in [2.05, 4.69) is 18.0 Å². The first kappa shape index (κ1) is 21.1. The van der Waals surface area contributed by atoms with Gasteiger partial charge in [0.2, 0.25) is 0 Å². The summed E-state index contributed by atoms with van der Waals surface area (Å²) in [4.78, 5) is 19.3. The average molecular weight is 441 g/mol. The van der Waals surface area contributed by atoms with Crippen LogP contribution in [0.1, 0.15) is 45.7 Å². The molecule has 1 atom stereocenters. The lowest BCUT2D eigenvalue weighted by molar-refractivity contribution is 0.0690. The van der Waals surface area contributed by atoms with Gasteiger partial charge in [-0.1, -0.05) is 37.3 Å². The molecule has 168 valence electrons. The molecule has 1 N–H and O–H groups in total. The molecule has 5 heteroatoms. The lowest BCUT2D eigenvalue weighted by atomic mass is 9.91. The molecule has 3 aromatic carbocycles. The lowest BCUT2D eigenvalue weighted by Gasteiger charge is -2.37. The zero-order valence-corrected chi connectivity index (χ0v) is 19.2. The van der Waals surface area contributed by atoms with Crippen molar-refractivity contribution in [1.29, 1.82) is 0 Å². The summed E-state index contributed by atoms with van der Waals surface area (Å²) in [5.74, 6) is 1.62. The third-order valence-corrected chi connectivity index (χ3v) is 6.64. The molecular formula is C28H28N2O3. The number of benzene rings is 3. The van der Waals surface area contributed by atoms with Crippen molar-refractivity contribution in [3.63, 3.8) is 0 Å². The van der Waals surface area contributed by atoms with E-state index in [0.29, 0.717) is 12.1 Å². The Kier molecular flexibility index (Phi) is 5.55. The summed E-state index contributed by atoms with van der Waals surface area (Å²) in [6.45, 7) is 2.74. The number of methoxy groups -OCH3 is 2. The van der Waals surface area contributed by atoms with Crippen LogP contribution in [0.25, 0.3) is 10.9 Å². The van der Waals surface area contributed by atoms with Crippen molar-refractivity contribution in [2.24, 2.45) is 0 Å². The van der Waals surface area contributed by atoms with Crippen molar-refractivity contribution in [2.75, 3.05) is 20.8 Å². The standard InChI is InChI=1S/C28H28N2O3/c1-4-18-9-11-19(12-10-18)28(31)30-16-15-21-23-17-20(32-2)13-14-24(23)29-26(21)27(30)22-7-5-6-8-25(22)33-3/h5-14,17,27,29H,4,15-16H2,1-3H3. The van der Waals surface area contributed by atoms with Gasteiger partial charge in [-0.25, -0.2) is 0 Å². The Morgan fingerprint density at radius 2 is 1.82 bits per heavy atom. The summed E-state index contributed by atoms with van der Waals surface area (Å²) >= 11 is 0. The number of para-hydroxylation sites is 1. The SMILES string of the molecule is CCc1ccc(C(=O)N2CCc3c([nH]c4ccc(OC)cc34)C2c2ccccc2OC)cc1. The molecule has 0 aliphatic carbocycles. The Hall–Kier alpha value is -3.73. The topological polar surface area (TPSA) is 54.6 Å². The maximum atomic E-state index is 13.8. The zero-order valence-electron chi connectivity index (χ0n) is 19.2. The number of ether oxygens (including phenoxy) is 2. The largest absolute Gasteiger partial charge is 0.497 e. The van der Waals surface area contributed by atoms with Gasteiger partial charge in [-0.15, -0.1) is 0 Å². The van der Waals surface area contributed by atoms with E-state index in [1.165, 1.54) is 11.1 Å². The summed E-state index contributed by atoms with van der Waals surface area (Å²) in [6.07, 6.45) is 1.72. The van der Waals surface area contributed by atoms with E-state index in [9.17, 15) is 4.79 Å². The minimum Gasteiger partial charge on any atom is -0.497 e. The molecular weight excluding hydrogens is 412 g/mol. The molecule has 1 amide bonds. The van der Waals surface area contributed by atoms with E-state index in [-0.39, 0.29) is 11.9 Å². The number of nitrogens with one attached hydrogen (secondary N) is 1. The smallest absolute Gasteiger partial charge is 0.254 e. The number of aromatic amines is 1. The van der Waals surface area contributed by atoms with E-state index < -0.39 is 0 Å². The minimum atomic E-state index is -0.276. The molecule has 0 radical (unpaired) electrons. The van der Waals surface area contributed by atoms with Crippen molar-refractivity contribution in [2.45, 2.75) is 25.8 Å². The van der Waals surface area contributed by atoms with Gasteiger partial charge >= 0.3 is 0 Å². The average Bonchev–Trinajstić information content (AvgIpc) is 3.25. The summed E-state index contributed by atoms with van der Waals surface area (Å²) in [5, 5.41) is 1.14. The highest BCUT2D eigenvalue weighted by molar-refractivity contribution is 5.96. The van der Waals surface area contributed by atoms with Crippen molar-refractivity contribution in [3.8, 4) is 11.5 Å². The van der Waals surface area contributed by atoms with Crippen molar-refractivity contribution in [1.82, 2.24) is 9.88 Å².